The summed E-state index contributed by atoms with van der Waals surface area (Å²) >= 11 is 0. The number of likely N-dealkylation sites (N-methyl/N-ethyl adjacent to an activating group) is 1. The number of nitrogens with zero attached hydrogens (tertiary/aromatic N) is 1. The summed E-state index contributed by atoms with van der Waals surface area (Å²) in [6.07, 6.45) is 2.85. The average Bonchev–Trinajstić information content (AvgIpc) is 2.15. The Kier molecular flexibility index (Phi) is 1.56. The van der Waals surface area contributed by atoms with Gasteiger partial charge in [-0.15, -0.1) is 0 Å². The fourth-order valence-corrected chi connectivity index (χ4v) is 0.958. The molecule has 0 bridgehead atoms. The van der Waals surface area contributed by atoms with E-state index in [1.54, 1.807) is 4.90 Å². The van der Waals surface area contributed by atoms with Crippen LogP contribution in [0.1, 0.15) is 13.3 Å². The van der Waals surface area contributed by atoms with Crippen molar-refractivity contribution in [1.82, 2.24) is 4.90 Å². The van der Waals surface area contributed by atoms with Gasteiger partial charge in [0.25, 0.3) is 0 Å². The molecule has 0 radical (unpaired) electrons. The first-order chi connectivity index (χ1) is 4.25. The smallest absolute Gasteiger partial charge is 0.249 e. The number of rotatable bonds is 1. The molecule has 0 saturated heterocycles. The van der Waals surface area contributed by atoms with Crippen LogP contribution < -0.4 is 0 Å². The van der Waals surface area contributed by atoms with E-state index >= 15 is 0 Å². The third-order valence-corrected chi connectivity index (χ3v) is 1.61. The predicted octanol–water partition coefficient (Wildman–Crippen LogP) is 0.795. The molecule has 9 heavy (non-hydrogen) atoms. The van der Waals surface area contributed by atoms with E-state index in [1.807, 2.05) is 20.0 Å². The molecule has 0 aromatic rings. The molecule has 1 rings (SSSR count). The van der Waals surface area contributed by atoms with Crippen LogP contribution in [0.3, 0.4) is 0 Å². The van der Waals surface area contributed by atoms with Crippen molar-refractivity contribution in [2.45, 2.75) is 13.3 Å². The van der Waals surface area contributed by atoms with E-state index in [-0.39, 0.29) is 5.91 Å². The lowest BCUT2D eigenvalue weighted by molar-refractivity contribution is -0.124. The van der Waals surface area contributed by atoms with Crippen molar-refractivity contribution in [2.75, 3.05) is 13.6 Å². The molecule has 2 heteroatoms. The second-order valence-corrected chi connectivity index (χ2v) is 2.27. The molecule has 1 aliphatic rings. The molecular weight excluding hydrogens is 114 g/mol. The van der Waals surface area contributed by atoms with Crippen molar-refractivity contribution in [3.63, 3.8) is 0 Å². The standard InChI is InChI=1S/C7H11NO/c1-3-6-4-5-8(2)7(6)9/h4H,3,5H2,1-2H3. The van der Waals surface area contributed by atoms with Crippen LogP contribution >= 0.6 is 0 Å². The second kappa shape index (κ2) is 2.21. The lowest BCUT2D eigenvalue weighted by Crippen LogP contribution is -2.21. The third-order valence-electron chi connectivity index (χ3n) is 1.61. The van der Waals surface area contributed by atoms with E-state index in [2.05, 4.69) is 0 Å². The van der Waals surface area contributed by atoms with Gasteiger partial charge in [-0.25, -0.2) is 0 Å². The molecule has 0 N–H and O–H groups in total. The minimum Gasteiger partial charge on any atom is -0.338 e. The Hall–Kier alpha value is -0.790. The lowest BCUT2D eigenvalue weighted by Gasteiger charge is -2.06. The van der Waals surface area contributed by atoms with E-state index in [0.717, 1.165) is 18.5 Å². The highest BCUT2D eigenvalue weighted by molar-refractivity contribution is 5.95. The number of carbonyl (C=O) groups is 1. The van der Waals surface area contributed by atoms with Gasteiger partial charge in [-0.05, 0) is 6.42 Å². The zero-order valence-electron chi connectivity index (χ0n) is 5.85. The molecular formula is C7H11NO. The van der Waals surface area contributed by atoms with Crippen molar-refractivity contribution >= 4 is 5.91 Å². The van der Waals surface area contributed by atoms with Crippen molar-refractivity contribution in [3.8, 4) is 0 Å². The number of carbonyl (C=O) groups excluding carboxylic acids is 1. The van der Waals surface area contributed by atoms with Crippen molar-refractivity contribution in [1.29, 1.82) is 0 Å². The van der Waals surface area contributed by atoms with Crippen molar-refractivity contribution in [3.05, 3.63) is 11.6 Å². The molecule has 0 saturated carbocycles. The highest BCUT2D eigenvalue weighted by atomic mass is 16.2. The Morgan fingerprint density at radius 2 is 2.44 bits per heavy atom. The van der Waals surface area contributed by atoms with Crippen molar-refractivity contribution < 1.29 is 4.79 Å². The van der Waals surface area contributed by atoms with E-state index < -0.39 is 0 Å². The van der Waals surface area contributed by atoms with Gasteiger partial charge in [-0.1, -0.05) is 13.0 Å². The Bertz CT molecular complexity index is 160. The summed E-state index contributed by atoms with van der Waals surface area (Å²) in [5.41, 5.74) is 0.956. The molecule has 50 valence electrons. The first-order valence-electron chi connectivity index (χ1n) is 3.20. The Labute approximate surface area is 55.2 Å². The normalized spacial score (nSPS) is 18.7. The summed E-state index contributed by atoms with van der Waals surface area (Å²) in [6, 6.07) is 0. The van der Waals surface area contributed by atoms with Crippen LogP contribution in [0.15, 0.2) is 11.6 Å². The molecule has 0 unspecified atom stereocenters. The largest absolute Gasteiger partial charge is 0.338 e. The summed E-state index contributed by atoms with van der Waals surface area (Å²) in [4.78, 5) is 12.7. The van der Waals surface area contributed by atoms with Crippen LogP contribution in [0.25, 0.3) is 0 Å². The van der Waals surface area contributed by atoms with Crippen LogP contribution in [-0.4, -0.2) is 24.4 Å². The van der Waals surface area contributed by atoms with Crippen LogP contribution in [0.5, 0.6) is 0 Å². The molecule has 0 spiro atoms. The molecule has 0 aliphatic carbocycles. The van der Waals surface area contributed by atoms with Gasteiger partial charge in [0, 0.05) is 19.2 Å². The van der Waals surface area contributed by atoms with E-state index in [9.17, 15) is 4.79 Å². The van der Waals surface area contributed by atoms with Crippen LogP contribution in [0.4, 0.5) is 0 Å². The quantitative estimate of drug-likeness (QED) is 0.507. The van der Waals surface area contributed by atoms with Crippen LogP contribution in [0.2, 0.25) is 0 Å². The van der Waals surface area contributed by atoms with Gasteiger partial charge in [0.05, 0.1) is 0 Å². The van der Waals surface area contributed by atoms with Gasteiger partial charge in [-0.3, -0.25) is 4.79 Å². The second-order valence-electron chi connectivity index (χ2n) is 2.27. The molecule has 0 atom stereocenters. The lowest BCUT2D eigenvalue weighted by atomic mass is 10.2. The summed E-state index contributed by atoms with van der Waals surface area (Å²) < 4.78 is 0. The van der Waals surface area contributed by atoms with Crippen LogP contribution in [-0.2, 0) is 4.79 Å². The minimum absolute atomic E-state index is 0.192. The highest BCUT2D eigenvalue weighted by Crippen LogP contribution is 2.11. The van der Waals surface area contributed by atoms with Crippen molar-refractivity contribution in [2.24, 2.45) is 0 Å². The third kappa shape index (κ3) is 0.969. The van der Waals surface area contributed by atoms with Gasteiger partial charge < -0.3 is 4.90 Å². The fraction of sp³-hybridized carbons (Fsp3) is 0.571. The molecule has 0 aromatic heterocycles. The molecule has 1 aliphatic heterocycles. The number of hydrogen-bond donors (Lipinski definition) is 0. The van der Waals surface area contributed by atoms with Gasteiger partial charge in [0.1, 0.15) is 0 Å². The SMILES string of the molecule is CCC1=CCN(C)C1=O. The monoisotopic (exact) mass is 125 g/mol. The molecule has 0 aromatic carbocycles. The maximum Gasteiger partial charge on any atom is 0.249 e. The van der Waals surface area contributed by atoms with E-state index in [0.29, 0.717) is 0 Å². The predicted molar refractivity (Wildman–Crippen MR) is 36.0 cm³/mol. The first-order valence-corrected chi connectivity index (χ1v) is 3.20. The maximum absolute atomic E-state index is 11.0. The summed E-state index contributed by atoms with van der Waals surface area (Å²) in [6.45, 7) is 2.80. The summed E-state index contributed by atoms with van der Waals surface area (Å²) in [7, 11) is 1.82. The Balaban J connectivity index is 2.67. The number of amides is 1. The van der Waals surface area contributed by atoms with Gasteiger partial charge in [0.2, 0.25) is 5.91 Å². The Morgan fingerprint density at radius 1 is 1.78 bits per heavy atom. The highest BCUT2D eigenvalue weighted by Gasteiger charge is 2.17. The van der Waals surface area contributed by atoms with E-state index in [1.165, 1.54) is 0 Å². The maximum atomic E-state index is 11.0. The van der Waals surface area contributed by atoms with Gasteiger partial charge in [0.15, 0.2) is 0 Å². The molecule has 0 fully saturated rings. The Morgan fingerprint density at radius 3 is 2.67 bits per heavy atom. The fourth-order valence-electron chi connectivity index (χ4n) is 0.958. The zero-order valence-corrected chi connectivity index (χ0v) is 5.85. The molecule has 1 amide bonds. The topological polar surface area (TPSA) is 20.3 Å². The summed E-state index contributed by atoms with van der Waals surface area (Å²) in [5, 5.41) is 0. The zero-order chi connectivity index (χ0) is 6.85. The average molecular weight is 125 g/mol. The van der Waals surface area contributed by atoms with Gasteiger partial charge >= 0.3 is 0 Å². The van der Waals surface area contributed by atoms with Crippen LogP contribution in [0, 0.1) is 0 Å². The first kappa shape index (κ1) is 6.33. The minimum atomic E-state index is 0.192. The number of hydrogen-bond acceptors (Lipinski definition) is 1. The van der Waals surface area contributed by atoms with E-state index in [4.69, 9.17) is 0 Å². The molecule has 1 heterocycles. The molecule has 2 nitrogen and oxygen atoms in total. The van der Waals surface area contributed by atoms with Gasteiger partial charge in [-0.2, -0.15) is 0 Å². The summed E-state index contributed by atoms with van der Waals surface area (Å²) in [5.74, 6) is 0.192.